The minimum atomic E-state index is -0.112. The van der Waals surface area contributed by atoms with E-state index in [9.17, 15) is 4.79 Å². The Hall–Kier alpha value is -2.22. The summed E-state index contributed by atoms with van der Waals surface area (Å²) in [4.78, 5) is 12.4. The van der Waals surface area contributed by atoms with Crippen LogP contribution in [-0.2, 0) is 22.8 Å². The molecule has 0 fully saturated rings. The molecule has 0 aliphatic heterocycles. The van der Waals surface area contributed by atoms with Gasteiger partial charge in [-0.2, -0.15) is 0 Å². The van der Waals surface area contributed by atoms with Crippen LogP contribution in [0.1, 0.15) is 22.5 Å². The first kappa shape index (κ1) is 23.4. The third kappa shape index (κ3) is 6.63. The number of nitrogens with one attached hydrogen (secondary N) is 1. The second-order valence-corrected chi connectivity index (χ2v) is 9.36. The maximum atomic E-state index is 12.4. The smallest absolute Gasteiger partial charge is 0.234 e. The molecule has 3 aromatic rings. The van der Waals surface area contributed by atoms with Crippen LogP contribution >= 0.6 is 35.1 Å². The third-order valence-corrected chi connectivity index (χ3v) is 6.98. The Kier molecular flexibility index (Phi) is 8.63. The van der Waals surface area contributed by atoms with Gasteiger partial charge in [-0.1, -0.05) is 65.3 Å². The van der Waals surface area contributed by atoms with Crippen LogP contribution in [0, 0.1) is 13.8 Å². The van der Waals surface area contributed by atoms with Crippen molar-refractivity contribution < 1.29 is 4.79 Å². The number of thioether (sulfide) groups is 2. The normalized spacial score (nSPS) is 10.8. The van der Waals surface area contributed by atoms with Crippen LogP contribution in [0.2, 0.25) is 5.02 Å². The quantitative estimate of drug-likeness (QED) is 0.294. The van der Waals surface area contributed by atoms with Gasteiger partial charge in [0.25, 0.3) is 0 Å². The summed E-state index contributed by atoms with van der Waals surface area (Å²) in [5.74, 6) is 2.65. The molecule has 162 valence electrons. The molecule has 2 aromatic carbocycles. The molecule has 0 spiro atoms. The van der Waals surface area contributed by atoms with E-state index in [0.29, 0.717) is 16.7 Å². The van der Waals surface area contributed by atoms with Gasteiger partial charge in [0.2, 0.25) is 5.91 Å². The van der Waals surface area contributed by atoms with Crippen molar-refractivity contribution in [3.8, 4) is 0 Å². The van der Waals surface area contributed by atoms with Gasteiger partial charge in [0.15, 0.2) is 5.16 Å². The summed E-state index contributed by atoms with van der Waals surface area (Å²) < 4.78 is 2.01. The fourth-order valence-corrected chi connectivity index (χ4v) is 4.72. The maximum Gasteiger partial charge on any atom is 0.234 e. The molecule has 31 heavy (non-hydrogen) atoms. The predicted molar refractivity (Wildman–Crippen MR) is 132 cm³/mol. The van der Waals surface area contributed by atoms with Crippen LogP contribution in [0.4, 0.5) is 5.69 Å². The number of anilines is 1. The number of hydrogen-bond acceptors (Lipinski definition) is 5. The van der Waals surface area contributed by atoms with E-state index in [2.05, 4.69) is 53.3 Å². The molecular formula is C23H25ClN4OS2. The van der Waals surface area contributed by atoms with Crippen molar-refractivity contribution in [2.75, 3.05) is 11.1 Å². The highest BCUT2D eigenvalue weighted by molar-refractivity contribution is 7.99. The number of nitrogens with zero attached hydrogens (tertiary/aromatic N) is 3. The monoisotopic (exact) mass is 472 g/mol. The van der Waals surface area contributed by atoms with Gasteiger partial charge in [0.05, 0.1) is 11.5 Å². The minimum Gasteiger partial charge on any atom is -0.325 e. The fraction of sp³-hybridized carbons (Fsp3) is 0.261. The number of carbonyl (C=O) groups excluding carboxylic acids is 1. The molecule has 5 nitrogen and oxygen atoms in total. The van der Waals surface area contributed by atoms with E-state index in [1.807, 2.05) is 29.7 Å². The van der Waals surface area contributed by atoms with E-state index >= 15 is 0 Å². The van der Waals surface area contributed by atoms with Gasteiger partial charge >= 0.3 is 0 Å². The first-order chi connectivity index (χ1) is 15.0. The summed E-state index contributed by atoms with van der Waals surface area (Å²) in [6.45, 7) is 8.41. The molecule has 0 bridgehead atoms. The van der Waals surface area contributed by atoms with E-state index in [-0.39, 0.29) is 11.7 Å². The molecule has 0 aliphatic carbocycles. The molecule has 0 aliphatic rings. The lowest BCUT2D eigenvalue weighted by molar-refractivity contribution is -0.113. The van der Waals surface area contributed by atoms with Crippen molar-refractivity contribution in [1.82, 2.24) is 14.8 Å². The topological polar surface area (TPSA) is 59.8 Å². The maximum absolute atomic E-state index is 12.4. The number of rotatable bonds is 10. The van der Waals surface area contributed by atoms with Crippen LogP contribution in [0.25, 0.3) is 0 Å². The van der Waals surface area contributed by atoms with Crippen molar-refractivity contribution in [2.45, 2.75) is 37.1 Å². The lowest BCUT2D eigenvalue weighted by Gasteiger charge is -2.10. The second kappa shape index (κ2) is 11.4. The second-order valence-electron chi connectivity index (χ2n) is 7.03. The molecule has 1 aromatic heterocycles. The number of allylic oxidation sites excluding steroid dienone is 1. The molecule has 0 saturated heterocycles. The average Bonchev–Trinajstić information content (AvgIpc) is 3.13. The van der Waals surface area contributed by atoms with Crippen LogP contribution in [0.3, 0.4) is 0 Å². The SMILES string of the molecule is C=CCn1c(CSCc2ccc(C)cc2)nnc1SCC(=O)Nc1cccc(Cl)c1C. The van der Waals surface area contributed by atoms with Crippen LogP contribution in [0.5, 0.6) is 0 Å². The molecule has 1 heterocycles. The zero-order chi connectivity index (χ0) is 22.2. The highest BCUT2D eigenvalue weighted by Gasteiger charge is 2.14. The number of hydrogen-bond donors (Lipinski definition) is 1. The molecule has 1 amide bonds. The molecule has 0 saturated carbocycles. The summed E-state index contributed by atoms with van der Waals surface area (Å²) in [6.07, 6.45) is 1.82. The van der Waals surface area contributed by atoms with Crippen molar-refractivity contribution in [1.29, 1.82) is 0 Å². The summed E-state index contributed by atoms with van der Waals surface area (Å²) in [5, 5.41) is 12.9. The molecule has 1 N–H and O–H groups in total. The Morgan fingerprint density at radius 3 is 2.68 bits per heavy atom. The Morgan fingerprint density at radius 1 is 1.16 bits per heavy atom. The van der Waals surface area contributed by atoms with Gasteiger partial charge in [-0.05, 0) is 37.1 Å². The number of halogens is 1. The van der Waals surface area contributed by atoms with Crippen molar-refractivity contribution in [3.63, 3.8) is 0 Å². The number of aryl methyl sites for hydroxylation is 1. The standard InChI is InChI=1S/C23H25ClN4OS2/c1-4-12-28-21(14-30-13-18-10-8-16(2)9-11-18)26-27-23(28)31-15-22(29)25-20-7-5-6-19(24)17(20)3/h4-11H,1,12-15H2,2-3H3,(H,25,29). The lowest BCUT2D eigenvalue weighted by Crippen LogP contribution is -2.15. The highest BCUT2D eigenvalue weighted by atomic mass is 35.5. The Morgan fingerprint density at radius 2 is 1.94 bits per heavy atom. The van der Waals surface area contributed by atoms with E-state index in [4.69, 9.17) is 11.6 Å². The zero-order valence-electron chi connectivity index (χ0n) is 17.6. The summed E-state index contributed by atoms with van der Waals surface area (Å²) in [5.41, 5.74) is 4.12. The number of carbonyl (C=O) groups is 1. The van der Waals surface area contributed by atoms with Crippen molar-refractivity contribution in [3.05, 3.63) is 82.7 Å². The molecular weight excluding hydrogens is 448 g/mol. The molecule has 3 rings (SSSR count). The van der Waals surface area contributed by atoms with Crippen LogP contribution in [-0.4, -0.2) is 26.4 Å². The van der Waals surface area contributed by atoms with E-state index < -0.39 is 0 Å². The van der Waals surface area contributed by atoms with Gasteiger partial charge in [0.1, 0.15) is 5.82 Å². The van der Waals surface area contributed by atoms with Crippen molar-refractivity contribution >= 4 is 46.7 Å². The summed E-state index contributed by atoms with van der Waals surface area (Å²) >= 11 is 9.28. The first-order valence-corrected chi connectivity index (χ1v) is 12.3. The first-order valence-electron chi connectivity index (χ1n) is 9.82. The fourth-order valence-electron chi connectivity index (χ4n) is 2.85. The number of aromatic nitrogens is 3. The Balaban J connectivity index is 1.57. The molecule has 0 atom stereocenters. The number of benzene rings is 2. The Labute approximate surface area is 196 Å². The van der Waals surface area contributed by atoms with Gasteiger partial charge < -0.3 is 9.88 Å². The van der Waals surface area contributed by atoms with Crippen molar-refractivity contribution in [2.24, 2.45) is 0 Å². The number of amides is 1. The van der Waals surface area contributed by atoms with Gasteiger partial charge in [-0.25, -0.2) is 0 Å². The summed E-state index contributed by atoms with van der Waals surface area (Å²) in [7, 11) is 0. The molecule has 0 unspecified atom stereocenters. The summed E-state index contributed by atoms with van der Waals surface area (Å²) in [6, 6.07) is 14.0. The molecule has 0 radical (unpaired) electrons. The largest absolute Gasteiger partial charge is 0.325 e. The van der Waals surface area contributed by atoms with Gasteiger partial charge in [-0.15, -0.1) is 28.5 Å². The highest BCUT2D eigenvalue weighted by Crippen LogP contribution is 2.25. The van der Waals surface area contributed by atoms with E-state index in [1.165, 1.54) is 22.9 Å². The minimum absolute atomic E-state index is 0.112. The van der Waals surface area contributed by atoms with E-state index in [0.717, 1.165) is 28.6 Å². The lowest BCUT2D eigenvalue weighted by atomic mass is 10.2. The molecule has 8 heteroatoms. The third-order valence-electron chi connectivity index (χ3n) is 4.60. The van der Waals surface area contributed by atoms with Crippen LogP contribution < -0.4 is 5.32 Å². The predicted octanol–water partition coefficient (Wildman–Crippen LogP) is 5.90. The van der Waals surface area contributed by atoms with E-state index in [1.54, 1.807) is 17.8 Å². The zero-order valence-corrected chi connectivity index (χ0v) is 20.0. The van der Waals surface area contributed by atoms with Crippen LogP contribution in [0.15, 0.2) is 60.3 Å². The Bertz CT molecular complexity index is 1050. The van der Waals surface area contributed by atoms with Gasteiger partial charge in [0, 0.05) is 23.0 Å². The average molecular weight is 473 g/mol. The van der Waals surface area contributed by atoms with Gasteiger partial charge in [-0.3, -0.25) is 4.79 Å².